The van der Waals surface area contributed by atoms with Crippen molar-refractivity contribution in [2.75, 3.05) is 13.2 Å². The second-order valence-electron chi connectivity index (χ2n) is 9.34. The number of para-hydroxylation sites is 1. The van der Waals surface area contributed by atoms with Gasteiger partial charge in [0.05, 0.1) is 35.2 Å². The highest BCUT2D eigenvalue weighted by atomic mass is 19.1. The lowest BCUT2D eigenvalue weighted by molar-refractivity contribution is 0.0502. The van der Waals surface area contributed by atoms with Crippen molar-refractivity contribution in [1.82, 2.24) is 14.7 Å². The van der Waals surface area contributed by atoms with Gasteiger partial charge in [-0.15, -0.1) is 0 Å². The fourth-order valence-electron chi connectivity index (χ4n) is 4.61. The summed E-state index contributed by atoms with van der Waals surface area (Å²) >= 11 is 0. The van der Waals surface area contributed by atoms with Crippen molar-refractivity contribution < 1.29 is 18.7 Å². The zero-order valence-corrected chi connectivity index (χ0v) is 21.1. The lowest BCUT2D eigenvalue weighted by Gasteiger charge is -2.26. The first-order chi connectivity index (χ1) is 18.0. The SMILES string of the molecule is Cc1cccc(Oc2c(CN(C[C@@H]3CCCO3)C(=O)c3ccccc3F)c(C)nn2-c2ccccc2)c1. The van der Waals surface area contributed by atoms with Crippen LogP contribution in [0.2, 0.25) is 0 Å². The van der Waals surface area contributed by atoms with E-state index in [9.17, 15) is 9.18 Å². The van der Waals surface area contributed by atoms with Crippen LogP contribution in [0.4, 0.5) is 4.39 Å². The highest BCUT2D eigenvalue weighted by Crippen LogP contribution is 2.33. The summed E-state index contributed by atoms with van der Waals surface area (Å²) in [4.78, 5) is 15.3. The first kappa shape index (κ1) is 24.7. The standard InChI is InChI=1S/C30H30FN3O3/c1-21-10-8-13-24(18-21)37-30-27(22(2)32-34(30)23-11-4-3-5-12-23)20-33(19-25-14-9-17-36-25)29(35)26-15-6-7-16-28(26)31/h3-8,10-13,15-16,18,25H,9,14,17,19-20H2,1-2H3/t25-/m0/s1. The number of hydrogen-bond acceptors (Lipinski definition) is 4. The molecule has 1 aliphatic heterocycles. The molecule has 0 N–H and O–H groups in total. The summed E-state index contributed by atoms with van der Waals surface area (Å²) in [5.41, 5.74) is 3.43. The Morgan fingerprint density at radius 2 is 1.86 bits per heavy atom. The van der Waals surface area contributed by atoms with E-state index in [1.807, 2.05) is 68.4 Å². The molecular formula is C30H30FN3O3. The van der Waals surface area contributed by atoms with Gasteiger partial charge in [-0.25, -0.2) is 9.07 Å². The number of rotatable bonds is 8. The van der Waals surface area contributed by atoms with Crippen LogP contribution in [0.25, 0.3) is 5.69 Å². The van der Waals surface area contributed by atoms with Crippen molar-refractivity contribution in [2.24, 2.45) is 0 Å². The summed E-state index contributed by atoms with van der Waals surface area (Å²) in [5.74, 6) is 0.261. The van der Waals surface area contributed by atoms with Gasteiger partial charge in [0, 0.05) is 13.2 Å². The number of benzene rings is 3. The Morgan fingerprint density at radius 1 is 1.08 bits per heavy atom. The van der Waals surface area contributed by atoms with E-state index in [-0.39, 0.29) is 24.1 Å². The Kier molecular flexibility index (Phi) is 7.32. The van der Waals surface area contributed by atoms with Gasteiger partial charge in [0.15, 0.2) is 0 Å². The Morgan fingerprint density at radius 3 is 2.59 bits per heavy atom. The van der Waals surface area contributed by atoms with Gasteiger partial charge in [0.25, 0.3) is 5.91 Å². The van der Waals surface area contributed by atoms with Gasteiger partial charge in [-0.3, -0.25) is 4.79 Å². The molecule has 1 amide bonds. The van der Waals surface area contributed by atoms with Crippen LogP contribution in [-0.4, -0.2) is 39.8 Å². The summed E-state index contributed by atoms with van der Waals surface area (Å²) in [7, 11) is 0. The molecule has 2 heterocycles. The van der Waals surface area contributed by atoms with Crippen molar-refractivity contribution in [1.29, 1.82) is 0 Å². The van der Waals surface area contributed by atoms with Crippen molar-refractivity contribution >= 4 is 5.91 Å². The molecule has 0 bridgehead atoms. The van der Waals surface area contributed by atoms with E-state index in [0.29, 0.717) is 24.8 Å². The molecule has 0 saturated carbocycles. The van der Waals surface area contributed by atoms with Crippen LogP contribution in [0.1, 0.15) is 40.0 Å². The van der Waals surface area contributed by atoms with E-state index in [2.05, 4.69) is 0 Å². The molecule has 37 heavy (non-hydrogen) atoms. The third-order valence-corrected chi connectivity index (χ3v) is 6.53. The molecule has 0 unspecified atom stereocenters. The van der Waals surface area contributed by atoms with Gasteiger partial charge in [-0.2, -0.15) is 5.10 Å². The Hall–Kier alpha value is -3.97. The lowest BCUT2D eigenvalue weighted by Crippen LogP contribution is -2.37. The molecule has 7 heteroatoms. The minimum atomic E-state index is -0.544. The minimum absolute atomic E-state index is 0.0368. The maximum absolute atomic E-state index is 14.6. The third kappa shape index (κ3) is 5.57. The van der Waals surface area contributed by atoms with E-state index in [1.54, 1.807) is 21.7 Å². The second kappa shape index (κ2) is 11.0. The summed E-state index contributed by atoms with van der Waals surface area (Å²) in [6.07, 6.45) is 1.70. The average Bonchev–Trinajstić information content (AvgIpc) is 3.52. The number of amides is 1. The van der Waals surface area contributed by atoms with Crippen LogP contribution in [0.5, 0.6) is 11.6 Å². The fraction of sp³-hybridized carbons (Fsp3) is 0.267. The normalized spacial score (nSPS) is 15.1. The van der Waals surface area contributed by atoms with Crippen LogP contribution in [0, 0.1) is 19.7 Å². The maximum Gasteiger partial charge on any atom is 0.257 e. The maximum atomic E-state index is 14.6. The molecule has 0 spiro atoms. The first-order valence-corrected chi connectivity index (χ1v) is 12.5. The lowest BCUT2D eigenvalue weighted by atomic mass is 10.1. The fourth-order valence-corrected chi connectivity index (χ4v) is 4.61. The van der Waals surface area contributed by atoms with Crippen LogP contribution >= 0.6 is 0 Å². The highest BCUT2D eigenvalue weighted by Gasteiger charge is 2.29. The molecule has 1 fully saturated rings. The molecule has 1 aromatic heterocycles. The Balaban J connectivity index is 1.56. The van der Waals surface area contributed by atoms with Crippen molar-refractivity contribution in [3.8, 4) is 17.3 Å². The molecular weight excluding hydrogens is 469 g/mol. The number of aromatic nitrogens is 2. The quantitative estimate of drug-likeness (QED) is 0.288. The summed E-state index contributed by atoms with van der Waals surface area (Å²) in [6, 6.07) is 23.6. The van der Waals surface area contributed by atoms with Gasteiger partial charge < -0.3 is 14.4 Å². The number of hydrogen-bond donors (Lipinski definition) is 0. The monoisotopic (exact) mass is 499 g/mol. The summed E-state index contributed by atoms with van der Waals surface area (Å²) in [5, 5.41) is 4.78. The van der Waals surface area contributed by atoms with E-state index in [4.69, 9.17) is 14.6 Å². The smallest absolute Gasteiger partial charge is 0.257 e. The third-order valence-electron chi connectivity index (χ3n) is 6.53. The van der Waals surface area contributed by atoms with Gasteiger partial charge >= 0.3 is 0 Å². The number of ether oxygens (including phenoxy) is 2. The molecule has 190 valence electrons. The molecule has 3 aromatic carbocycles. The summed E-state index contributed by atoms with van der Waals surface area (Å²) < 4.78 is 28.7. The first-order valence-electron chi connectivity index (χ1n) is 12.5. The van der Waals surface area contributed by atoms with E-state index in [0.717, 1.165) is 35.3 Å². The predicted octanol–water partition coefficient (Wildman–Crippen LogP) is 6.24. The predicted molar refractivity (Wildman–Crippen MR) is 140 cm³/mol. The molecule has 0 aliphatic carbocycles. The molecule has 0 radical (unpaired) electrons. The topological polar surface area (TPSA) is 56.6 Å². The van der Waals surface area contributed by atoms with Crippen LogP contribution in [0.15, 0.2) is 78.9 Å². The zero-order valence-electron chi connectivity index (χ0n) is 21.1. The van der Waals surface area contributed by atoms with E-state index >= 15 is 0 Å². The Bertz CT molecular complexity index is 1380. The highest BCUT2D eigenvalue weighted by molar-refractivity contribution is 5.94. The molecule has 1 atom stereocenters. The number of nitrogens with zero attached hydrogens (tertiary/aromatic N) is 3. The van der Waals surface area contributed by atoms with Crippen molar-refractivity contribution in [3.05, 3.63) is 107 Å². The number of halogens is 1. The van der Waals surface area contributed by atoms with E-state index in [1.165, 1.54) is 12.1 Å². The van der Waals surface area contributed by atoms with Crippen LogP contribution in [0.3, 0.4) is 0 Å². The van der Waals surface area contributed by atoms with E-state index < -0.39 is 5.82 Å². The van der Waals surface area contributed by atoms with Gasteiger partial charge in [-0.05, 0) is 68.7 Å². The molecule has 4 aromatic rings. The average molecular weight is 500 g/mol. The molecule has 6 nitrogen and oxygen atoms in total. The van der Waals surface area contributed by atoms with Crippen molar-refractivity contribution in [3.63, 3.8) is 0 Å². The summed E-state index contributed by atoms with van der Waals surface area (Å²) in [6.45, 7) is 5.12. The molecule has 1 aliphatic rings. The van der Waals surface area contributed by atoms with Crippen LogP contribution in [-0.2, 0) is 11.3 Å². The largest absolute Gasteiger partial charge is 0.439 e. The molecule has 1 saturated heterocycles. The number of carbonyl (C=O) groups is 1. The molecule has 5 rings (SSSR count). The minimum Gasteiger partial charge on any atom is -0.439 e. The number of aryl methyl sites for hydroxylation is 2. The second-order valence-corrected chi connectivity index (χ2v) is 9.34. The van der Waals surface area contributed by atoms with Gasteiger partial charge in [0.2, 0.25) is 5.88 Å². The zero-order chi connectivity index (χ0) is 25.8. The Labute approximate surface area is 216 Å². The van der Waals surface area contributed by atoms with Gasteiger partial charge in [-0.1, -0.05) is 42.5 Å². The van der Waals surface area contributed by atoms with Crippen molar-refractivity contribution in [2.45, 2.75) is 39.3 Å². The van der Waals surface area contributed by atoms with Crippen LogP contribution < -0.4 is 4.74 Å². The number of carbonyl (C=O) groups excluding carboxylic acids is 1. The van der Waals surface area contributed by atoms with Gasteiger partial charge in [0.1, 0.15) is 11.6 Å².